The molecule has 0 aromatic heterocycles. The Bertz CT molecular complexity index is 976. The Labute approximate surface area is 173 Å². The molecule has 1 amide bonds. The second-order valence-electron chi connectivity index (χ2n) is 6.71. The highest BCUT2D eigenvalue weighted by Crippen LogP contribution is 2.31. The van der Waals surface area contributed by atoms with Crippen LogP contribution >= 0.6 is 0 Å². The summed E-state index contributed by atoms with van der Waals surface area (Å²) < 4.78 is 71.4. The smallest absolute Gasteiger partial charge is 0.379 e. The molecule has 2 aromatic carbocycles. The van der Waals surface area contributed by atoms with Gasteiger partial charge in [-0.2, -0.15) is 13.2 Å². The van der Waals surface area contributed by atoms with Gasteiger partial charge in [0.25, 0.3) is 15.9 Å². The molecule has 0 fully saturated rings. The van der Waals surface area contributed by atoms with Gasteiger partial charge in [-0.15, -0.1) is 0 Å². The Kier molecular flexibility index (Phi) is 7.85. The summed E-state index contributed by atoms with van der Waals surface area (Å²) in [4.78, 5) is 11.9. The highest BCUT2D eigenvalue weighted by atomic mass is 32.2. The van der Waals surface area contributed by atoms with Gasteiger partial charge in [-0.05, 0) is 50.6 Å². The van der Waals surface area contributed by atoms with Gasteiger partial charge in [0.15, 0.2) is 0 Å². The molecule has 164 valence electrons. The van der Waals surface area contributed by atoms with Crippen molar-refractivity contribution in [1.82, 2.24) is 5.32 Å². The van der Waals surface area contributed by atoms with Crippen molar-refractivity contribution >= 4 is 21.6 Å². The topological polar surface area (TPSA) is 84.5 Å². The van der Waals surface area contributed by atoms with Gasteiger partial charge in [-0.25, -0.2) is 8.42 Å². The summed E-state index contributed by atoms with van der Waals surface area (Å²) in [5.41, 5.74) is -1.07. The summed E-state index contributed by atoms with van der Waals surface area (Å²) >= 11 is 0. The van der Waals surface area contributed by atoms with Crippen molar-refractivity contribution in [3.05, 3.63) is 59.7 Å². The third-order valence-corrected chi connectivity index (χ3v) is 5.31. The molecular weight excluding hydrogens is 421 g/mol. The van der Waals surface area contributed by atoms with Crippen molar-refractivity contribution in [3.8, 4) is 0 Å². The first-order valence-electron chi connectivity index (χ1n) is 9.19. The fourth-order valence-corrected chi connectivity index (χ4v) is 3.63. The average molecular weight is 444 g/mol. The van der Waals surface area contributed by atoms with Crippen LogP contribution in [0.15, 0.2) is 53.4 Å². The second kappa shape index (κ2) is 9.94. The Morgan fingerprint density at radius 2 is 1.80 bits per heavy atom. The average Bonchev–Trinajstić information content (AvgIpc) is 2.67. The molecule has 10 heteroatoms. The van der Waals surface area contributed by atoms with Gasteiger partial charge in [0.1, 0.15) is 0 Å². The van der Waals surface area contributed by atoms with Crippen LogP contribution in [0.25, 0.3) is 0 Å². The minimum absolute atomic E-state index is 0.0363. The number of carbonyl (C=O) groups is 1. The maximum atomic E-state index is 12.9. The molecule has 0 unspecified atom stereocenters. The van der Waals surface area contributed by atoms with Crippen LogP contribution in [0.3, 0.4) is 0 Å². The monoisotopic (exact) mass is 444 g/mol. The van der Waals surface area contributed by atoms with Crippen LogP contribution in [0, 0.1) is 0 Å². The lowest BCUT2D eigenvalue weighted by Gasteiger charge is -2.14. The van der Waals surface area contributed by atoms with E-state index in [1.165, 1.54) is 18.2 Å². The van der Waals surface area contributed by atoms with E-state index in [4.69, 9.17) is 4.74 Å². The molecule has 0 aliphatic rings. The number of sulfonamides is 1. The van der Waals surface area contributed by atoms with Crippen molar-refractivity contribution in [2.75, 3.05) is 17.9 Å². The van der Waals surface area contributed by atoms with Crippen molar-refractivity contribution in [2.24, 2.45) is 0 Å². The Hall–Kier alpha value is -2.59. The quantitative estimate of drug-likeness (QED) is 0.572. The van der Waals surface area contributed by atoms with Crippen LogP contribution < -0.4 is 10.0 Å². The minimum atomic E-state index is -4.68. The molecule has 0 heterocycles. The van der Waals surface area contributed by atoms with Crippen LogP contribution in [0.1, 0.15) is 36.2 Å². The number of hydrogen-bond acceptors (Lipinski definition) is 4. The molecule has 0 atom stereocenters. The van der Waals surface area contributed by atoms with E-state index in [1.54, 1.807) is 6.07 Å². The number of ether oxygens (including phenoxy) is 1. The molecular formula is C20H23F3N2O4S. The van der Waals surface area contributed by atoms with E-state index in [0.29, 0.717) is 25.6 Å². The summed E-state index contributed by atoms with van der Waals surface area (Å²) in [5, 5.41) is 2.67. The number of amides is 1. The fourth-order valence-electron chi connectivity index (χ4n) is 2.50. The standard InChI is InChI=1S/C20H23F3N2O4S/c1-14(2)29-12-6-11-24-19(26)17-9-3-4-10-18(17)25-30(27,28)16-8-5-7-15(13-16)20(21,22)23/h3-5,7-10,13-14,25H,6,11-12H2,1-2H3,(H,24,26). The van der Waals surface area contributed by atoms with Gasteiger partial charge in [0, 0.05) is 13.2 Å². The molecule has 0 saturated carbocycles. The largest absolute Gasteiger partial charge is 0.416 e. The van der Waals surface area contributed by atoms with Gasteiger partial charge in [-0.1, -0.05) is 18.2 Å². The zero-order valence-corrected chi connectivity index (χ0v) is 17.3. The lowest BCUT2D eigenvalue weighted by atomic mass is 10.1. The summed E-state index contributed by atoms with van der Waals surface area (Å²) in [6.07, 6.45) is -4.03. The number of alkyl halides is 3. The molecule has 0 saturated heterocycles. The van der Waals surface area contributed by atoms with Crippen LogP contribution in [-0.4, -0.2) is 33.6 Å². The Balaban J connectivity index is 2.15. The fraction of sp³-hybridized carbons (Fsp3) is 0.350. The van der Waals surface area contributed by atoms with Crippen LogP contribution in [-0.2, 0) is 20.9 Å². The first kappa shape index (κ1) is 23.7. The molecule has 2 rings (SSSR count). The summed E-state index contributed by atoms with van der Waals surface area (Å²) in [6.45, 7) is 4.57. The van der Waals surface area contributed by atoms with Crippen LogP contribution in [0.2, 0.25) is 0 Å². The van der Waals surface area contributed by atoms with Crippen LogP contribution in [0.4, 0.5) is 18.9 Å². The molecule has 0 radical (unpaired) electrons. The lowest BCUT2D eigenvalue weighted by molar-refractivity contribution is -0.137. The molecule has 0 bridgehead atoms. The van der Waals surface area contributed by atoms with Crippen molar-refractivity contribution < 1.29 is 31.1 Å². The van der Waals surface area contributed by atoms with Crippen LogP contribution in [0.5, 0.6) is 0 Å². The van der Waals surface area contributed by atoms with E-state index >= 15 is 0 Å². The molecule has 0 aliphatic carbocycles. The first-order valence-corrected chi connectivity index (χ1v) is 10.7. The molecule has 0 aliphatic heterocycles. The van der Waals surface area contributed by atoms with Crippen molar-refractivity contribution in [2.45, 2.75) is 37.4 Å². The normalized spacial score (nSPS) is 12.1. The van der Waals surface area contributed by atoms with Crippen molar-refractivity contribution in [3.63, 3.8) is 0 Å². The van der Waals surface area contributed by atoms with E-state index in [-0.39, 0.29) is 17.4 Å². The maximum absolute atomic E-state index is 12.9. The third kappa shape index (κ3) is 6.74. The van der Waals surface area contributed by atoms with E-state index in [1.807, 2.05) is 13.8 Å². The number of benzene rings is 2. The lowest BCUT2D eigenvalue weighted by Crippen LogP contribution is -2.27. The van der Waals surface area contributed by atoms with E-state index in [0.717, 1.165) is 18.2 Å². The SMILES string of the molecule is CC(C)OCCCNC(=O)c1ccccc1NS(=O)(=O)c1cccc(C(F)(F)F)c1. The summed E-state index contributed by atoms with van der Waals surface area (Å²) in [7, 11) is -4.34. The number of anilines is 1. The molecule has 6 nitrogen and oxygen atoms in total. The number of carbonyl (C=O) groups excluding carboxylic acids is 1. The van der Waals surface area contributed by atoms with Gasteiger partial charge in [0.2, 0.25) is 0 Å². The number of nitrogens with one attached hydrogen (secondary N) is 2. The molecule has 2 N–H and O–H groups in total. The van der Waals surface area contributed by atoms with E-state index in [9.17, 15) is 26.4 Å². The zero-order chi connectivity index (χ0) is 22.4. The number of halogens is 3. The van der Waals surface area contributed by atoms with E-state index in [2.05, 4.69) is 10.0 Å². The predicted octanol–water partition coefficient (Wildman–Crippen LogP) is 4.05. The molecule has 0 spiro atoms. The first-order chi connectivity index (χ1) is 14.0. The Morgan fingerprint density at radius 1 is 1.10 bits per heavy atom. The Morgan fingerprint density at radius 3 is 2.47 bits per heavy atom. The zero-order valence-electron chi connectivity index (χ0n) is 16.5. The molecule has 30 heavy (non-hydrogen) atoms. The minimum Gasteiger partial charge on any atom is -0.379 e. The third-order valence-electron chi connectivity index (χ3n) is 3.95. The van der Waals surface area contributed by atoms with Gasteiger partial charge < -0.3 is 10.1 Å². The number of hydrogen-bond donors (Lipinski definition) is 2. The number of para-hydroxylation sites is 1. The highest BCUT2D eigenvalue weighted by Gasteiger charge is 2.31. The van der Waals surface area contributed by atoms with Gasteiger partial charge >= 0.3 is 6.18 Å². The predicted molar refractivity (Wildman–Crippen MR) is 107 cm³/mol. The van der Waals surface area contributed by atoms with Gasteiger partial charge in [0.05, 0.1) is 27.8 Å². The maximum Gasteiger partial charge on any atom is 0.416 e. The van der Waals surface area contributed by atoms with Crippen molar-refractivity contribution in [1.29, 1.82) is 0 Å². The van der Waals surface area contributed by atoms with Gasteiger partial charge in [-0.3, -0.25) is 9.52 Å². The second-order valence-corrected chi connectivity index (χ2v) is 8.39. The summed E-state index contributed by atoms with van der Waals surface area (Å²) in [6, 6.07) is 9.23. The number of rotatable bonds is 9. The highest BCUT2D eigenvalue weighted by molar-refractivity contribution is 7.92. The van der Waals surface area contributed by atoms with E-state index < -0.39 is 32.6 Å². The summed E-state index contributed by atoms with van der Waals surface area (Å²) in [5.74, 6) is -0.512. The molecule has 2 aromatic rings.